The molecule has 366 valence electrons. The van der Waals surface area contributed by atoms with Crippen LogP contribution in [0.4, 0.5) is 0 Å². The van der Waals surface area contributed by atoms with Crippen molar-refractivity contribution in [2.45, 2.75) is 131 Å². The zero-order valence-electron chi connectivity index (χ0n) is 41.6. The fraction of sp³-hybridized carbons (Fsp3) is 0.421. The van der Waals surface area contributed by atoms with Crippen LogP contribution in [0.25, 0.3) is 33.4 Å². The molecular weight excluding hydrogens is 955 g/mol. The van der Waals surface area contributed by atoms with Crippen molar-refractivity contribution < 1.29 is 0 Å². The van der Waals surface area contributed by atoms with E-state index in [9.17, 15) is 30.2 Å². The molecule has 0 aromatic carbocycles. The quantitative estimate of drug-likeness (QED) is 0.155. The SMILES string of the molecule is C[C@H]1CSc2cc(-c3ccc(C4(C)CC4)nc3)c(C#N)c(=O)n2C1.C[C@H]1CSc2cc(-c3ccc(C4(C)CC4)nc3)c(C#N)c(=O)n2C1.C[C@H]1CSc2cc(-c3ccc(C4(C)CC4)nc3)c(C#N)c(=O)n2C1. The first-order valence-electron chi connectivity index (χ1n) is 24.9. The van der Waals surface area contributed by atoms with Crippen LogP contribution >= 0.6 is 35.3 Å². The lowest BCUT2D eigenvalue weighted by molar-refractivity contribution is 0.474. The second-order valence-electron chi connectivity index (χ2n) is 21.6. The number of aromatic nitrogens is 6. The average Bonchev–Trinajstić information content (AvgIpc) is 4.35. The summed E-state index contributed by atoms with van der Waals surface area (Å²) >= 11 is 5.07. The Balaban J connectivity index is 0.000000124. The third kappa shape index (κ3) is 9.62. The van der Waals surface area contributed by atoms with E-state index in [1.165, 1.54) is 38.5 Å². The normalized spacial score (nSPS) is 21.0. The standard InChI is InChI=1S/3C19H19N3OS/c3*1-12-10-22-17(24-11-12)7-14(15(8-20)18(22)23)13-3-4-16(21-9-13)19(2)5-6-19/h3*3-4,7,9,12H,5-6,10-11H2,1-2H3/t3*12-/m111/s1. The molecule has 3 fully saturated rings. The van der Waals surface area contributed by atoms with Crippen LogP contribution in [0.3, 0.4) is 0 Å². The number of pyridine rings is 6. The second kappa shape index (κ2) is 19.3. The van der Waals surface area contributed by atoms with E-state index in [1.807, 2.05) is 73.2 Å². The van der Waals surface area contributed by atoms with Gasteiger partial charge in [0.1, 0.15) is 34.9 Å². The summed E-state index contributed by atoms with van der Waals surface area (Å²) < 4.78 is 5.23. The zero-order chi connectivity index (χ0) is 50.7. The highest BCUT2D eigenvalue weighted by Crippen LogP contribution is 2.49. The van der Waals surface area contributed by atoms with Crippen LogP contribution in [0.2, 0.25) is 0 Å². The van der Waals surface area contributed by atoms with Crippen LogP contribution in [-0.2, 0) is 35.9 Å². The van der Waals surface area contributed by atoms with E-state index in [-0.39, 0.29) is 49.6 Å². The number of fused-ring (bicyclic) bond motifs is 3. The van der Waals surface area contributed by atoms with Gasteiger partial charge >= 0.3 is 0 Å². The van der Waals surface area contributed by atoms with Crippen LogP contribution in [-0.4, -0.2) is 45.9 Å². The van der Waals surface area contributed by atoms with E-state index in [2.05, 4.69) is 74.7 Å². The highest BCUT2D eigenvalue weighted by molar-refractivity contribution is 7.99. The Hall–Kier alpha value is -6.18. The third-order valence-electron chi connectivity index (χ3n) is 15.2. The summed E-state index contributed by atoms with van der Waals surface area (Å²) in [5.74, 6) is 4.33. The first-order chi connectivity index (χ1) is 34.5. The lowest BCUT2D eigenvalue weighted by Crippen LogP contribution is -2.30. The summed E-state index contributed by atoms with van der Waals surface area (Å²) in [4.78, 5) is 52.0. The van der Waals surface area contributed by atoms with Gasteiger partial charge in [-0.05, 0) is 92.7 Å². The maximum atomic E-state index is 12.7. The van der Waals surface area contributed by atoms with Gasteiger partial charge in [0, 0.05) is 122 Å². The van der Waals surface area contributed by atoms with Crippen molar-refractivity contribution in [2.75, 3.05) is 17.3 Å². The maximum absolute atomic E-state index is 12.7. The number of hydrogen-bond donors (Lipinski definition) is 0. The van der Waals surface area contributed by atoms with E-state index in [4.69, 9.17) is 0 Å². The van der Waals surface area contributed by atoms with E-state index < -0.39 is 0 Å². The molecule has 0 bridgehead atoms. The second-order valence-corrected chi connectivity index (χ2v) is 24.7. The molecule has 0 saturated heterocycles. The minimum atomic E-state index is -0.178. The van der Waals surface area contributed by atoms with Gasteiger partial charge in [0.05, 0.1) is 15.1 Å². The van der Waals surface area contributed by atoms with Crippen molar-refractivity contribution in [3.63, 3.8) is 0 Å². The first-order valence-corrected chi connectivity index (χ1v) is 27.8. The Morgan fingerprint density at radius 3 is 0.944 bits per heavy atom. The van der Waals surface area contributed by atoms with Crippen LogP contribution in [0, 0.1) is 51.7 Å². The molecule has 12 rings (SSSR count). The minimum Gasteiger partial charge on any atom is -0.302 e. The van der Waals surface area contributed by atoms with Gasteiger partial charge in [0.15, 0.2) is 0 Å². The molecule has 0 spiro atoms. The van der Waals surface area contributed by atoms with Gasteiger partial charge in [0.25, 0.3) is 16.7 Å². The Kier molecular flexibility index (Phi) is 13.3. The van der Waals surface area contributed by atoms with E-state index in [1.54, 1.807) is 49.0 Å². The molecule has 0 N–H and O–H groups in total. The predicted molar refractivity (Wildman–Crippen MR) is 285 cm³/mol. The van der Waals surface area contributed by atoms with E-state index >= 15 is 0 Å². The minimum absolute atomic E-state index is 0.178. The molecule has 0 radical (unpaired) electrons. The highest BCUT2D eigenvalue weighted by atomic mass is 32.2. The maximum Gasteiger partial charge on any atom is 0.269 e. The summed E-state index contributed by atoms with van der Waals surface area (Å²) in [5, 5.41) is 31.4. The molecule has 12 nitrogen and oxygen atoms in total. The first kappa shape index (κ1) is 49.4. The number of nitrogens with zero attached hydrogens (tertiary/aromatic N) is 9. The Labute approximate surface area is 433 Å². The summed E-state index contributed by atoms with van der Waals surface area (Å²) in [5.41, 5.74) is 8.75. The summed E-state index contributed by atoms with van der Waals surface area (Å²) in [6, 6.07) is 24.4. The average molecular weight is 1010 g/mol. The van der Waals surface area contributed by atoms with E-state index in [0.717, 1.165) is 66.1 Å². The number of nitriles is 3. The molecule has 15 heteroatoms. The van der Waals surface area contributed by atoms with Gasteiger partial charge in [0.2, 0.25) is 0 Å². The van der Waals surface area contributed by atoms with Gasteiger partial charge in [-0.3, -0.25) is 29.3 Å². The smallest absolute Gasteiger partial charge is 0.269 e. The number of rotatable bonds is 6. The molecule has 0 unspecified atom stereocenters. The van der Waals surface area contributed by atoms with Crippen LogP contribution in [0.1, 0.15) is 114 Å². The molecule has 3 atom stereocenters. The fourth-order valence-corrected chi connectivity index (χ4v) is 12.8. The van der Waals surface area contributed by atoms with Gasteiger partial charge < -0.3 is 13.7 Å². The largest absolute Gasteiger partial charge is 0.302 e. The molecular formula is C57H57N9O3S3. The van der Waals surface area contributed by atoms with Crippen molar-refractivity contribution in [2.24, 2.45) is 17.8 Å². The fourth-order valence-electron chi connectivity index (χ4n) is 9.59. The predicted octanol–water partition coefficient (Wildman–Crippen LogP) is 10.7. The lowest BCUT2D eigenvalue weighted by Gasteiger charge is -2.24. The molecule has 6 aromatic heterocycles. The zero-order valence-corrected chi connectivity index (χ0v) is 44.1. The molecule has 6 aliphatic rings. The van der Waals surface area contributed by atoms with Crippen molar-refractivity contribution in [1.29, 1.82) is 15.8 Å². The third-order valence-corrected chi connectivity index (χ3v) is 19.3. The number of thioether (sulfide) groups is 3. The summed E-state index contributed by atoms with van der Waals surface area (Å²) in [6.45, 7) is 15.1. The molecule has 0 amide bonds. The molecule has 3 aliphatic heterocycles. The van der Waals surface area contributed by atoms with Gasteiger partial charge in [-0.2, -0.15) is 15.8 Å². The highest BCUT2D eigenvalue weighted by Gasteiger charge is 2.42. The van der Waals surface area contributed by atoms with Crippen LogP contribution in [0.5, 0.6) is 0 Å². The van der Waals surface area contributed by atoms with Crippen molar-refractivity contribution in [1.82, 2.24) is 28.7 Å². The Morgan fingerprint density at radius 2 is 0.736 bits per heavy atom. The van der Waals surface area contributed by atoms with Gasteiger partial charge in [-0.25, -0.2) is 0 Å². The Morgan fingerprint density at radius 1 is 0.472 bits per heavy atom. The van der Waals surface area contributed by atoms with Gasteiger partial charge in [-0.15, -0.1) is 35.3 Å². The summed E-state index contributed by atoms with van der Waals surface area (Å²) in [7, 11) is 0. The monoisotopic (exact) mass is 1010 g/mol. The number of hydrogen-bond acceptors (Lipinski definition) is 12. The molecule has 3 aliphatic carbocycles. The van der Waals surface area contributed by atoms with Gasteiger partial charge in [-0.1, -0.05) is 59.7 Å². The van der Waals surface area contributed by atoms with Crippen LogP contribution < -0.4 is 16.7 Å². The molecule has 3 saturated carbocycles. The van der Waals surface area contributed by atoms with Crippen molar-refractivity contribution >= 4 is 35.3 Å². The van der Waals surface area contributed by atoms with Crippen LogP contribution in [0.15, 0.2) is 103 Å². The van der Waals surface area contributed by atoms with Crippen molar-refractivity contribution in [3.8, 4) is 51.6 Å². The topological polar surface area (TPSA) is 176 Å². The van der Waals surface area contributed by atoms with Crippen molar-refractivity contribution in [3.05, 3.63) is 138 Å². The lowest BCUT2D eigenvalue weighted by atomic mass is 10.00. The molecule has 72 heavy (non-hydrogen) atoms. The molecule has 9 heterocycles. The Bertz CT molecular complexity index is 3080. The molecule has 6 aromatic rings. The summed E-state index contributed by atoms with van der Waals surface area (Å²) in [6.07, 6.45) is 12.5. The van der Waals surface area contributed by atoms with E-state index in [0.29, 0.717) is 54.1 Å².